The third-order valence-electron chi connectivity index (χ3n) is 3.18. The minimum Gasteiger partial charge on any atom is -0.327 e. The first-order valence-corrected chi connectivity index (χ1v) is 8.76. The molecule has 0 radical (unpaired) electrons. The second kappa shape index (κ2) is 7.35. The highest BCUT2D eigenvalue weighted by molar-refractivity contribution is 9.11. The molecule has 4 nitrogen and oxygen atoms in total. The van der Waals surface area contributed by atoms with Crippen LogP contribution in [0.25, 0.3) is 0 Å². The van der Waals surface area contributed by atoms with Gasteiger partial charge in [0.2, 0.25) is 5.91 Å². The molecule has 1 amide bonds. The third-order valence-corrected chi connectivity index (χ3v) is 4.89. The van der Waals surface area contributed by atoms with Crippen molar-refractivity contribution in [2.45, 2.75) is 18.9 Å². The maximum atomic E-state index is 12.1. The van der Waals surface area contributed by atoms with Gasteiger partial charge in [-0.3, -0.25) is 9.69 Å². The lowest BCUT2D eigenvalue weighted by Gasteiger charge is -2.30. The van der Waals surface area contributed by atoms with E-state index in [1.54, 1.807) is 0 Å². The first kappa shape index (κ1) is 16.4. The number of hydrogen-bond donors (Lipinski definition) is 2. The van der Waals surface area contributed by atoms with Crippen LogP contribution in [0.4, 0.5) is 5.69 Å². The maximum Gasteiger partial charge on any atom is 0.238 e. The van der Waals surface area contributed by atoms with Crippen LogP contribution >= 0.6 is 47.8 Å². The highest BCUT2D eigenvalue weighted by Gasteiger charge is 2.19. The number of nitrogens with one attached hydrogen (secondary N) is 1. The molecule has 0 saturated carbocycles. The molecule has 1 aromatic rings. The standard InChI is InChI=1S/C13H16Br3N3O/c14-8-4-10(15)13(11(16)5-8)18-12(20)7-19-3-1-2-9(17)6-19/h4-5,9H,1-3,6-7,17H2,(H,18,20). The van der Waals surface area contributed by atoms with Gasteiger partial charge < -0.3 is 11.1 Å². The minimum atomic E-state index is -0.0252. The normalized spacial score (nSPS) is 19.9. The van der Waals surface area contributed by atoms with E-state index in [0.717, 1.165) is 45.0 Å². The van der Waals surface area contributed by atoms with Crippen LogP contribution < -0.4 is 11.1 Å². The number of halogens is 3. The summed E-state index contributed by atoms with van der Waals surface area (Å²) in [6, 6.07) is 3.98. The van der Waals surface area contributed by atoms with Gasteiger partial charge in [-0.25, -0.2) is 0 Å². The molecule has 0 aromatic heterocycles. The number of likely N-dealkylation sites (tertiary alicyclic amines) is 1. The molecule has 0 spiro atoms. The van der Waals surface area contributed by atoms with E-state index in [2.05, 4.69) is 58.0 Å². The Morgan fingerprint density at radius 3 is 2.60 bits per heavy atom. The second-order valence-corrected chi connectivity index (χ2v) is 7.55. The zero-order chi connectivity index (χ0) is 14.7. The number of rotatable bonds is 3. The van der Waals surface area contributed by atoms with E-state index in [1.807, 2.05) is 12.1 Å². The van der Waals surface area contributed by atoms with Crippen molar-refractivity contribution in [3.8, 4) is 0 Å². The van der Waals surface area contributed by atoms with Gasteiger partial charge >= 0.3 is 0 Å². The number of amides is 1. The fourth-order valence-electron chi connectivity index (χ4n) is 2.28. The summed E-state index contributed by atoms with van der Waals surface area (Å²) in [6.45, 7) is 2.10. The van der Waals surface area contributed by atoms with Crippen LogP contribution in [0.2, 0.25) is 0 Å². The molecule has 0 aliphatic carbocycles. The van der Waals surface area contributed by atoms with E-state index >= 15 is 0 Å². The summed E-state index contributed by atoms with van der Waals surface area (Å²) in [7, 11) is 0. The van der Waals surface area contributed by atoms with E-state index in [9.17, 15) is 4.79 Å². The molecule has 7 heteroatoms. The number of carbonyl (C=O) groups is 1. The van der Waals surface area contributed by atoms with Crippen molar-refractivity contribution in [3.05, 3.63) is 25.6 Å². The van der Waals surface area contributed by atoms with E-state index in [4.69, 9.17) is 5.73 Å². The number of benzene rings is 1. The summed E-state index contributed by atoms with van der Waals surface area (Å²) in [4.78, 5) is 14.2. The van der Waals surface area contributed by atoms with Crippen LogP contribution in [0.1, 0.15) is 12.8 Å². The molecule has 1 atom stereocenters. The second-order valence-electron chi connectivity index (χ2n) is 4.93. The van der Waals surface area contributed by atoms with Gasteiger partial charge in [0.15, 0.2) is 0 Å². The van der Waals surface area contributed by atoms with Crippen molar-refractivity contribution < 1.29 is 4.79 Å². The van der Waals surface area contributed by atoms with E-state index in [1.165, 1.54) is 0 Å². The molecule has 1 unspecified atom stereocenters. The first-order chi connectivity index (χ1) is 9.45. The average Bonchev–Trinajstić information content (AvgIpc) is 2.33. The Balaban J connectivity index is 1.98. The number of hydrogen-bond acceptors (Lipinski definition) is 3. The first-order valence-electron chi connectivity index (χ1n) is 6.38. The molecule has 2 rings (SSSR count). The van der Waals surface area contributed by atoms with Crippen molar-refractivity contribution in [2.75, 3.05) is 25.0 Å². The molecule has 110 valence electrons. The van der Waals surface area contributed by atoms with Crippen LogP contribution in [0.15, 0.2) is 25.6 Å². The highest BCUT2D eigenvalue weighted by atomic mass is 79.9. The predicted octanol–water partition coefficient (Wildman–Crippen LogP) is 3.34. The fraction of sp³-hybridized carbons (Fsp3) is 0.462. The van der Waals surface area contributed by atoms with Crippen molar-refractivity contribution in [1.82, 2.24) is 4.90 Å². The Hall–Kier alpha value is 0.0500. The Kier molecular flexibility index (Phi) is 6.04. The Labute approximate surface area is 143 Å². The summed E-state index contributed by atoms with van der Waals surface area (Å²) in [6.07, 6.45) is 2.10. The highest BCUT2D eigenvalue weighted by Crippen LogP contribution is 2.34. The lowest BCUT2D eigenvalue weighted by Crippen LogP contribution is -2.45. The third kappa shape index (κ3) is 4.53. The molecule has 1 heterocycles. The summed E-state index contributed by atoms with van der Waals surface area (Å²) in [5, 5.41) is 2.93. The van der Waals surface area contributed by atoms with E-state index in [0.29, 0.717) is 6.54 Å². The molecule has 20 heavy (non-hydrogen) atoms. The molecule has 1 aliphatic rings. The molecule has 0 bridgehead atoms. The van der Waals surface area contributed by atoms with Gasteiger partial charge in [0.05, 0.1) is 12.2 Å². The average molecular weight is 470 g/mol. The molecule has 1 aromatic carbocycles. The van der Waals surface area contributed by atoms with Crippen molar-refractivity contribution >= 4 is 59.4 Å². The van der Waals surface area contributed by atoms with Gasteiger partial charge in [0.25, 0.3) is 0 Å². The monoisotopic (exact) mass is 467 g/mol. The molecule has 1 fully saturated rings. The van der Waals surface area contributed by atoms with Crippen molar-refractivity contribution in [1.29, 1.82) is 0 Å². The summed E-state index contributed by atoms with van der Waals surface area (Å²) in [5.74, 6) is -0.0252. The fourth-order valence-corrected chi connectivity index (χ4v) is 4.74. The lowest BCUT2D eigenvalue weighted by atomic mass is 10.1. The Morgan fingerprint density at radius 2 is 2.00 bits per heavy atom. The lowest BCUT2D eigenvalue weighted by molar-refractivity contribution is -0.117. The summed E-state index contributed by atoms with van der Waals surface area (Å²) >= 11 is 10.3. The molecule has 1 saturated heterocycles. The van der Waals surface area contributed by atoms with Crippen LogP contribution in [-0.2, 0) is 4.79 Å². The van der Waals surface area contributed by atoms with Gasteiger partial charge in [-0.15, -0.1) is 0 Å². The summed E-state index contributed by atoms with van der Waals surface area (Å²) < 4.78 is 2.61. The van der Waals surface area contributed by atoms with Gasteiger partial charge in [-0.05, 0) is 63.4 Å². The van der Waals surface area contributed by atoms with Crippen LogP contribution in [0.5, 0.6) is 0 Å². The van der Waals surface area contributed by atoms with Crippen LogP contribution in [0.3, 0.4) is 0 Å². The number of piperidine rings is 1. The smallest absolute Gasteiger partial charge is 0.238 e. The Morgan fingerprint density at radius 1 is 1.35 bits per heavy atom. The zero-order valence-corrected chi connectivity index (χ0v) is 15.6. The number of nitrogens with two attached hydrogens (primary N) is 1. The SMILES string of the molecule is NC1CCCN(CC(=O)Nc2c(Br)cc(Br)cc2Br)C1. The number of anilines is 1. The molecule has 3 N–H and O–H groups in total. The quantitative estimate of drug-likeness (QED) is 0.714. The molecular weight excluding hydrogens is 454 g/mol. The van der Waals surface area contributed by atoms with Gasteiger partial charge in [0, 0.05) is 26.0 Å². The van der Waals surface area contributed by atoms with E-state index in [-0.39, 0.29) is 11.9 Å². The van der Waals surface area contributed by atoms with Crippen LogP contribution in [-0.4, -0.2) is 36.5 Å². The Bertz CT molecular complexity index is 487. The number of carbonyl (C=O) groups excluding carboxylic acids is 1. The maximum absolute atomic E-state index is 12.1. The minimum absolute atomic E-state index is 0.0252. The van der Waals surface area contributed by atoms with E-state index < -0.39 is 0 Å². The van der Waals surface area contributed by atoms with Gasteiger partial charge in [0.1, 0.15) is 0 Å². The number of nitrogens with zero attached hydrogens (tertiary/aromatic N) is 1. The van der Waals surface area contributed by atoms with Crippen molar-refractivity contribution in [3.63, 3.8) is 0 Å². The van der Waals surface area contributed by atoms with Crippen LogP contribution in [0, 0.1) is 0 Å². The molecule has 1 aliphatic heterocycles. The molecular formula is C13H16Br3N3O. The summed E-state index contributed by atoms with van der Waals surface area (Å²) in [5.41, 5.74) is 6.67. The predicted molar refractivity (Wildman–Crippen MR) is 91.8 cm³/mol. The topological polar surface area (TPSA) is 58.4 Å². The zero-order valence-electron chi connectivity index (χ0n) is 10.8. The van der Waals surface area contributed by atoms with Gasteiger partial charge in [-0.2, -0.15) is 0 Å². The largest absolute Gasteiger partial charge is 0.327 e. The van der Waals surface area contributed by atoms with Gasteiger partial charge in [-0.1, -0.05) is 15.9 Å². The van der Waals surface area contributed by atoms with Crippen molar-refractivity contribution in [2.24, 2.45) is 5.73 Å².